The fourth-order valence-corrected chi connectivity index (χ4v) is 3.79. The maximum Gasteiger partial charge on any atom is 0.298 e. The number of amides is 2. The summed E-state index contributed by atoms with van der Waals surface area (Å²) in [7, 11) is 0. The SMILES string of the molecule is O=C1CCC[C@H](C(=O)NC[C@H]2CCCCN2c2nc3ccccc3o2)N1. The highest BCUT2D eigenvalue weighted by Gasteiger charge is 2.29. The molecule has 0 unspecified atom stereocenters. The Morgan fingerprint density at radius 1 is 1.27 bits per heavy atom. The number of oxazole rings is 1. The van der Waals surface area contributed by atoms with Gasteiger partial charge in [0.25, 0.3) is 6.01 Å². The van der Waals surface area contributed by atoms with Gasteiger partial charge in [-0.15, -0.1) is 0 Å². The molecule has 2 aromatic rings. The molecule has 2 fully saturated rings. The third-order valence-corrected chi connectivity index (χ3v) is 5.22. The van der Waals surface area contributed by atoms with E-state index in [-0.39, 0.29) is 17.9 Å². The summed E-state index contributed by atoms with van der Waals surface area (Å²) in [5.74, 6) is -0.136. The van der Waals surface area contributed by atoms with Crippen molar-refractivity contribution in [3.63, 3.8) is 0 Å². The van der Waals surface area contributed by atoms with Crippen molar-refractivity contribution in [1.82, 2.24) is 15.6 Å². The summed E-state index contributed by atoms with van der Waals surface area (Å²) in [6.45, 7) is 1.40. The first-order valence-electron chi connectivity index (χ1n) is 9.40. The van der Waals surface area contributed by atoms with Gasteiger partial charge < -0.3 is 20.0 Å². The van der Waals surface area contributed by atoms with Gasteiger partial charge in [0.1, 0.15) is 11.6 Å². The molecular formula is C19H24N4O3. The van der Waals surface area contributed by atoms with Crippen LogP contribution in [0.3, 0.4) is 0 Å². The number of nitrogens with zero attached hydrogens (tertiary/aromatic N) is 2. The predicted molar refractivity (Wildman–Crippen MR) is 97.8 cm³/mol. The fourth-order valence-electron chi connectivity index (χ4n) is 3.79. The number of carbonyl (C=O) groups excluding carboxylic acids is 2. The van der Waals surface area contributed by atoms with Crippen LogP contribution in [0.4, 0.5) is 6.01 Å². The molecule has 7 heteroatoms. The highest BCUT2D eigenvalue weighted by atomic mass is 16.4. The minimum atomic E-state index is -0.405. The van der Waals surface area contributed by atoms with Gasteiger partial charge in [0.15, 0.2) is 5.58 Å². The smallest absolute Gasteiger partial charge is 0.298 e. The molecule has 0 aliphatic carbocycles. The van der Waals surface area contributed by atoms with Crippen molar-refractivity contribution in [1.29, 1.82) is 0 Å². The van der Waals surface area contributed by atoms with Crippen LogP contribution < -0.4 is 15.5 Å². The van der Waals surface area contributed by atoms with Crippen LogP contribution in [0.15, 0.2) is 28.7 Å². The van der Waals surface area contributed by atoms with Gasteiger partial charge in [0.2, 0.25) is 11.8 Å². The molecule has 138 valence electrons. The average Bonchev–Trinajstić information content (AvgIpc) is 3.10. The molecule has 2 aliphatic rings. The van der Waals surface area contributed by atoms with E-state index >= 15 is 0 Å². The van der Waals surface area contributed by atoms with Crippen molar-refractivity contribution >= 4 is 28.9 Å². The molecular weight excluding hydrogens is 332 g/mol. The lowest BCUT2D eigenvalue weighted by Gasteiger charge is -2.35. The number of rotatable bonds is 4. The molecule has 26 heavy (non-hydrogen) atoms. The number of carbonyl (C=O) groups is 2. The molecule has 0 spiro atoms. The van der Waals surface area contributed by atoms with Gasteiger partial charge in [0.05, 0.1) is 6.04 Å². The number of nitrogens with one attached hydrogen (secondary N) is 2. The third kappa shape index (κ3) is 3.52. The number of para-hydroxylation sites is 2. The quantitative estimate of drug-likeness (QED) is 0.875. The summed E-state index contributed by atoms with van der Waals surface area (Å²) in [6, 6.07) is 8.10. The first-order valence-corrected chi connectivity index (χ1v) is 9.40. The van der Waals surface area contributed by atoms with Crippen LogP contribution in [-0.4, -0.2) is 42.0 Å². The Morgan fingerprint density at radius 2 is 2.15 bits per heavy atom. The molecule has 2 amide bonds. The first-order chi connectivity index (χ1) is 12.7. The molecule has 2 N–H and O–H groups in total. The molecule has 1 aromatic heterocycles. The topological polar surface area (TPSA) is 87.5 Å². The van der Waals surface area contributed by atoms with Crippen LogP contribution >= 0.6 is 0 Å². The molecule has 2 aliphatic heterocycles. The fraction of sp³-hybridized carbons (Fsp3) is 0.526. The lowest BCUT2D eigenvalue weighted by Crippen LogP contribution is -2.53. The van der Waals surface area contributed by atoms with Crippen LogP contribution in [0.25, 0.3) is 11.1 Å². The van der Waals surface area contributed by atoms with Crippen LogP contribution in [0, 0.1) is 0 Å². The van der Waals surface area contributed by atoms with Crippen molar-refractivity contribution in [2.24, 2.45) is 0 Å². The Bertz CT molecular complexity index is 770. The standard InChI is InChI=1S/C19H24N4O3/c24-17-10-5-8-15(21-17)18(25)20-12-13-6-3-4-11-23(13)19-22-14-7-1-2-9-16(14)26-19/h1-2,7,9,13,15H,3-6,8,10-12H2,(H,20,25)(H,21,24)/t13-,15-/m1/s1. The van der Waals surface area contributed by atoms with E-state index in [1.807, 2.05) is 24.3 Å². The summed E-state index contributed by atoms with van der Waals surface area (Å²) in [5.41, 5.74) is 1.63. The second kappa shape index (κ2) is 7.35. The Balaban J connectivity index is 1.42. The van der Waals surface area contributed by atoms with Gasteiger partial charge in [-0.2, -0.15) is 4.98 Å². The lowest BCUT2D eigenvalue weighted by atomic mass is 10.0. The summed E-state index contributed by atoms with van der Waals surface area (Å²) >= 11 is 0. The highest BCUT2D eigenvalue weighted by Crippen LogP contribution is 2.27. The Morgan fingerprint density at radius 3 is 3.00 bits per heavy atom. The monoisotopic (exact) mass is 356 g/mol. The molecule has 2 atom stereocenters. The number of fused-ring (bicyclic) bond motifs is 1. The van der Waals surface area contributed by atoms with Crippen LogP contribution in [0.5, 0.6) is 0 Å². The minimum absolute atomic E-state index is 0.0397. The second-order valence-corrected chi connectivity index (χ2v) is 7.06. The van der Waals surface area contributed by atoms with Gasteiger partial charge in [-0.25, -0.2) is 0 Å². The maximum absolute atomic E-state index is 12.4. The number of aromatic nitrogens is 1. The zero-order chi connectivity index (χ0) is 17.9. The van der Waals surface area contributed by atoms with E-state index in [0.717, 1.165) is 43.3 Å². The summed E-state index contributed by atoms with van der Waals surface area (Å²) in [4.78, 5) is 30.6. The maximum atomic E-state index is 12.4. The Hall–Kier alpha value is -2.57. The van der Waals surface area contributed by atoms with E-state index in [0.29, 0.717) is 25.4 Å². The van der Waals surface area contributed by atoms with Crippen molar-refractivity contribution in [2.45, 2.75) is 50.6 Å². The normalized spacial score (nSPS) is 23.7. The largest absolute Gasteiger partial charge is 0.423 e. The second-order valence-electron chi connectivity index (χ2n) is 7.06. The number of hydrogen-bond donors (Lipinski definition) is 2. The summed E-state index contributed by atoms with van der Waals surface area (Å²) < 4.78 is 5.92. The van der Waals surface area contributed by atoms with E-state index in [1.165, 1.54) is 0 Å². The Labute approximate surface area is 152 Å². The highest BCUT2D eigenvalue weighted by molar-refractivity contribution is 5.88. The molecule has 0 bridgehead atoms. The zero-order valence-corrected chi connectivity index (χ0v) is 14.7. The van der Waals surface area contributed by atoms with Crippen molar-refractivity contribution in [2.75, 3.05) is 18.0 Å². The zero-order valence-electron chi connectivity index (χ0n) is 14.7. The number of hydrogen-bond acceptors (Lipinski definition) is 5. The summed E-state index contributed by atoms with van der Waals surface area (Å²) in [6.07, 6.45) is 5.17. The molecule has 3 heterocycles. The predicted octanol–water partition coefficient (Wildman–Crippen LogP) is 1.97. The molecule has 0 radical (unpaired) electrons. The van der Waals surface area contributed by atoms with Crippen molar-refractivity contribution < 1.29 is 14.0 Å². The van der Waals surface area contributed by atoms with E-state index in [2.05, 4.69) is 20.5 Å². The molecule has 1 aromatic carbocycles. The molecule has 2 saturated heterocycles. The van der Waals surface area contributed by atoms with Gasteiger partial charge >= 0.3 is 0 Å². The van der Waals surface area contributed by atoms with Crippen LogP contribution in [0.2, 0.25) is 0 Å². The first kappa shape index (κ1) is 16.9. The van der Waals surface area contributed by atoms with E-state index in [9.17, 15) is 9.59 Å². The van der Waals surface area contributed by atoms with Gasteiger partial charge in [-0.05, 0) is 44.2 Å². The lowest BCUT2D eigenvalue weighted by molar-refractivity contribution is -0.131. The Kier molecular flexibility index (Phi) is 4.77. The van der Waals surface area contributed by atoms with Gasteiger partial charge in [-0.3, -0.25) is 9.59 Å². The molecule has 0 saturated carbocycles. The molecule has 7 nitrogen and oxygen atoms in total. The summed E-state index contributed by atoms with van der Waals surface area (Å²) in [5, 5.41) is 5.78. The molecule has 4 rings (SSSR count). The van der Waals surface area contributed by atoms with Crippen LogP contribution in [-0.2, 0) is 9.59 Å². The van der Waals surface area contributed by atoms with E-state index in [4.69, 9.17) is 4.42 Å². The number of benzene rings is 1. The number of anilines is 1. The van der Waals surface area contributed by atoms with Crippen molar-refractivity contribution in [3.05, 3.63) is 24.3 Å². The average molecular weight is 356 g/mol. The third-order valence-electron chi connectivity index (χ3n) is 5.22. The van der Waals surface area contributed by atoms with E-state index in [1.54, 1.807) is 0 Å². The number of piperidine rings is 2. The van der Waals surface area contributed by atoms with Crippen LogP contribution in [0.1, 0.15) is 38.5 Å². The van der Waals surface area contributed by atoms with E-state index < -0.39 is 6.04 Å². The van der Waals surface area contributed by atoms with Gasteiger partial charge in [-0.1, -0.05) is 12.1 Å². The van der Waals surface area contributed by atoms with Crippen molar-refractivity contribution in [3.8, 4) is 0 Å². The van der Waals surface area contributed by atoms with Gasteiger partial charge in [0, 0.05) is 19.5 Å². The minimum Gasteiger partial charge on any atom is -0.423 e.